The minimum absolute atomic E-state index is 0.0368. The number of urea groups is 1. The second-order valence-corrected chi connectivity index (χ2v) is 5.88. The van der Waals surface area contributed by atoms with Gasteiger partial charge in [0.1, 0.15) is 5.75 Å². The summed E-state index contributed by atoms with van der Waals surface area (Å²) in [6, 6.07) is 14.6. The number of benzene rings is 2. The first-order chi connectivity index (χ1) is 11.7. The average molecular weight is 326 g/mol. The highest BCUT2D eigenvalue weighted by molar-refractivity contribution is 5.75. The Balaban J connectivity index is 1.67. The van der Waals surface area contributed by atoms with Crippen molar-refractivity contribution in [3.8, 4) is 5.75 Å². The molecule has 2 atom stereocenters. The van der Waals surface area contributed by atoms with Gasteiger partial charge in [0.25, 0.3) is 0 Å². The maximum absolute atomic E-state index is 12.3. The summed E-state index contributed by atoms with van der Waals surface area (Å²) in [6.07, 6.45) is 1.73. The van der Waals surface area contributed by atoms with Crippen molar-refractivity contribution in [1.82, 2.24) is 10.6 Å². The smallest absolute Gasteiger partial charge is 0.315 e. The predicted molar refractivity (Wildman–Crippen MR) is 92.0 cm³/mol. The average Bonchev–Trinajstić information content (AvgIpc) is 3.03. The van der Waals surface area contributed by atoms with E-state index in [1.807, 2.05) is 48.5 Å². The summed E-state index contributed by atoms with van der Waals surface area (Å²) in [5.41, 5.74) is 3.14. The molecular formula is C19H22N2O3. The van der Waals surface area contributed by atoms with Crippen LogP contribution in [0.4, 0.5) is 4.79 Å². The monoisotopic (exact) mass is 326 g/mol. The van der Waals surface area contributed by atoms with E-state index in [2.05, 4.69) is 10.6 Å². The molecule has 0 heterocycles. The molecule has 0 saturated heterocycles. The second kappa shape index (κ2) is 7.36. The van der Waals surface area contributed by atoms with Gasteiger partial charge in [0.2, 0.25) is 0 Å². The van der Waals surface area contributed by atoms with E-state index < -0.39 is 6.04 Å². The van der Waals surface area contributed by atoms with Crippen LogP contribution in [0.15, 0.2) is 48.5 Å². The summed E-state index contributed by atoms with van der Waals surface area (Å²) < 4.78 is 5.39. The molecule has 2 aromatic rings. The molecule has 3 N–H and O–H groups in total. The lowest BCUT2D eigenvalue weighted by molar-refractivity contribution is 0.214. The van der Waals surface area contributed by atoms with Gasteiger partial charge in [-0.2, -0.15) is 0 Å². The largest absolute Gasteiger partial charge is 0.496 e. The lowest BCUT2D eigenvalue weighted by Gasteiger charge is -2.20. The minimum atomic E-state index is -0.419. The molecule has 0 radical (unpaired) electrons. The van der Waals surface area contributed by atoms with Crippen LogP contribution in [0, 0.1) is 0 Å². The Bertz CT molecular complexity index is 703. The van der Waals surface area contributed by atoms with Crippen LogP contribution in [0.5, 0.6) is 5.75 Å². The van der Waals surface area contributed by atoms with Gasteiger partial charge in [-0.15, -0.1) is 0 Å². The number of ether oxygens (including phenoxy) is 1. The molecule has 2 amide bonds. The molecule has 126 valence electrons. The number of aliphatic hydroxyl groups excluding tert-OH is 1. The topological polar surface area (TPSA) is 70.6 Å². The zero-order valence-electron chi connectivity index (χ0n) is 13.7. The van der Waals surface area contributed by atoms with Crippen molar-refractivity contribution in [2.24, 2.45) is 0 Å². The van der Waals surface area contributed by atoms with E-state index in [0.717, 1.165) is 35.3 Å². The molecule has 1 aliphatic rings. The van der Waals surface area contributed by atoms with E-state index in [4.69, 9.17) is 4.74 Å². The molecule has 5 nitrogen and oxygen atoms in total. The molecule has 1 aliphatic carbocycles. The Morgan fingerprint density at radius 1 is 1.25 bits per heavy atom. The number of aliphatic hydroxyl groups is 1. The van der Waals surface area contributed by atoms with Gasteiger partial charge in [0.15, 0.2) is 0 Å². The fourth-order valence-electron chi connectivity index (χ4n) is 3.24. The standard InChI is InChI=1S/C19H22N2O3/c1-24-18-9-5-8-14-15(18)10-11-16(14)20-19(23)21-17(12-22)13-6-3-2-4-7-13/h2-9,16-17,22H,10-12H2,1H3,(H2,20,21,23). The number of carbonyl (C=O) groups excluding carboxylic acids is 1. The lowest BCUT2D eigenvalue weighted by Crippen LogP contribution is -2.40. The van der Waals surface area contributed by atoms with Crippen molar-refractivity contribution in [2.45, 2.75) is 24.9 Å². The highest BCUT2D eigenvalue weighted by atomic mass is 16.5. The molecule has 0 spiro atoms. The SMILES string of the molecule is COc1cccc2c1CCC2NC(=O)NC(CO)c1ccccc1. The van der Waals surface area contributed by atoms with Gasteiger partial charge >= 0.3 is 6.03 Å². The fourth-order valence-corrected chi connectivity index (χ4v) is 3.24. The Labute approximate surface area is 141 Å². The van der Waals surface area contributed by atoms with Crippen LogP contribution in [-0.4, -0.2) is 24.9 Å². The summed E-state index contributed by atoms with van der Waals surface area (Å²) in [5.74, 6) is 0.870. The summed E-state index contributed by atoms with van der Waals surface area (Å²) in [6.45, 7) is -0.146. The van der Waals surface area contributed by atoms with Gasteiger partial charge < -0.3 is 20.5 Å². The molecule has 0 fully saturated rings. The third kappa shape index (κ3) is 3.36. The lowest BCUT2D eigenvalue weighted by atomic mass is 10.1. The number of fused-ring (bicyclic) bond motifs is 1. The number of carbonyl (C=O) groups is 1. The molecule has 2 unspecified atom stereocenters. The van der Waals surface area contributed by atoms with E-state index in [1.165, 1.54) is 0 Å². The molecule has 2 aromatic carbocycles. The third-order valence-corrected chi connectivity index (χ3v) is 4.44. The summed E-state index contributed by atoms with van der Waals surface area (Å²) in [5, 5.41) is 15.4. The minimum Gasteiger partial charge on any atom is -0.496 e. The van der Waals surface area contributed by atoms with E-state index in [-0.39, 0.29) is 18.7 Å². The van der Waals surface area contributed by atoms with Crippen molar-refractivity contribution in [2.75, 3.05) is 13.7 Å². The van der Waals surface area contributed by atoms with Gasteiger partial charge in [-0.1, -0.05) is 42.5 Å². The van der Waals surface area contributed by atoms with Crippen LogP contribution in [0.2, 0.25) is 0 Å². The maximum atomic E-state index is 12.3. The molecule has 0 saturated carbocycles. The van der Waals surface area contributed by atoms with Gasteiger partial charge in [-0.3, -0.25) is 0 Å². The van der Waals surface area contributed by atoms with E-state index in [0.29, 0.717) is 0 Å². The number of rotatable bonds is 5. The summed E-state index contributed by atoms with van der Waals surface area (Å²) >= 11 is 0. The Kier molecular flexibility index (Phi) is 5.01. The zero-order chi connectivity index (χ0) is 16.9. The van der Waals surface area contributed by atoms with Gasteiger partial charge in [-0.25, -0.2) is 4.79 Å². The number of amides is 2. The van der Waals surface area contributed by atoms with Crippen LogP contribution in [-0.2, 0) is 6.42 Å². The second-order valence-electron chi connectivity index (χ2n) is 5.88. The van der Waals surface area contributed by atoms with E-state index in [9.17, 15) is 9.90 Å². The van der Waals surface area contributed by atoms with Crippen LogP contribution in [0.3, 0.4) is 0 Å². The highest BCUT2D eigenvalue weighted by Gasteiger charge is 2.27. The molecule has 0 bridgehead atoms. The van der Waals surface area contributed by atoms with Crippen molar-refractivity contribution < 1.29 is 14.6 Å². The number of hydrogen-bond donors (Lipinski definition) is 3. The highest BCUT2D eigenvalue weighted by Crippen LogP contribution is 2.36. The Hall–Kier alpha value is -2.53. The normalized spacial score (nSPS) is 17.0. The van der Waals surface area contributed by atoms with E-state index in [1.54, 1.807) is 7.11 Å². The van der Waals surface area contributed by atoms with Gasteiger partial charge in [-0.05, 0) is 35.6 Å². The van der Waals surface area contributed by atoms with Crippen LogP contribution in [0.25, 0.3) is 0 Å². The Morgan fingerprint density at radius 2 is 2.04 bits per heavy atom. The summed E-state index contributed by atoms with van der Waals surface area (Å²) in [4.78, 5) is 12.3. The molecule has 24 heavy (non-hydrogen) atoms. The molecular weight excluding hydrogens is 304 g/mol. The van der Waals surface area contributed by atoms with Crippen molar-refractivity contribution in [3.05, 3.63) is 65.2 Å². The van der Waals surface area contributed by atoms with Crippen molar-refractivity contribution >= 4 is 6.03 Å². The third-order valence-electron chi connectivity index (χ3n) is 4.44. The fraction of sp³-hybridized carbons (Fsp3) is 0.316. The number of hydrogen-bond acceptors (Lipinski definition) is 3. The van der Waals surface area contributed by atoms with Gasteiger partial charge in [0, 0.05) is 0 Å². The maximum Gasteiger partial charge on any atom is 0.315 e. The zero-order valence-corrected chi connectivity index (χ0v) is 13.7. The summed E-state index contributed by atoms with van der Waals surface area (Å²) in [7, 11) is 1.66. The molecule has 5 heteroatoms. The predicted octanol–water partition coefficient (Wildman–Crippen LogP) is 2.72. The number of methoxy groups -OCH3 is 1. The van der Waals surface area contributed by atoms with Crippen LogP contribution in [0.1, 0.15) is 35.2 Å². The Morgan fingerprint density at radius 3 is 2.75 bits per heavy atom. The van der Waals surface area contributed by atoms with Crippen molar-refractivity contribution in [1.29, 1.82) is 0 Å². The molecule has 0 aromatic heterocycles. The first-order valence-corrected chi connectivity index (χ1v) is 8.11. The number of nitrogens with one attached hydrogen (secondary N) is 2. The molecule has 3 rings (SSSR count). The quantitative estimate of drug-likeness (QED) is 0.791. The van der Waals surface area contributed by atoms with Crippen molar-refractivity contribution in [3.63, 3.8) is 0 Å². The van der Waals surface area contributed by atoms with Gasteiger partial charge in [0.05, 0.1) is 25.8 Å². The molecule has 0 aliphatic heterocycles. The van der Waals surface area contributed by atoms with Crippen LogP contribution < -0.4 is 15.4 Å². The van der Waals surface area contributed by atoms with Crippen LogP contribution >= 0.6 is 0 Å². The van der Waals surface area contributed by atoms with E-state index >= 15 is 0 Å². The first kappa shape index (κ1) is 16.3. The first-order valence-electron chi connectivity index (χ1n) is 8.11.